The second-order valence-electron chi connectivity index (χ2n) is 4.49. The SMILES string of the molecule is CN(C)CC1(C=O)CCC(Br)C(Br)C1.Cl. The molecule has 0 aromatic heterocycles. The Morgan fingerprint density at radius 1 is 1.40 bits per heavy atom. The van der Waals surface area contributed by atoms with E-state index in [0.717, 1.165) is 32.1 Å². The minimum absolute atomic E-state index is 0. The van der Waals surface area contributed by atoms with Gasteiger partial charge in [-0.1, -0.05) is 31.9 Å². The van der Waals surface area contributed by atoms with Gasteiger partial charge < -0.3 is 9.69 Å². The van der Waals surface area contributed by atoms with Crippen LogP contribution in [0.3, 0.4) is 0 Å². The Bertz CT molecular complexity index is 216. The zero-order valence-corrected chi connectivity index (χ0v) is 13.1. The van der Waals surface area contributed by atoms with Crippen molar-refractivity contribution in [1.82, 2.24) is 4.90 Å². The maximum absolute atomic E-state index is 11.2. The fraction of sp³-hybridized carbons (Fsp3) is 0.900. The number of aldehydes is 1. The normalized spacial score (nSPS) is 36.1. The van der Waals surface area contributed by atoms with Crippen LogP contribution in [0.5, 0.6) is 0 Å². The third-order valence-electron chi connectivity index (χ3n) is 2.79. The lowest BCUT2D eigenvalue weighted by Crippen LogP contribution is -2.42. The quantitative estimate of drug-likeness (QED) is 0.568. The van der Waals surface area contributed by atoms with E-state index < -0.39 is 0 Å². The van der Waals surface area contributed by atoms with Crippen molar-refractivity contribution in [2.24, 2.45) is 5.41 Å². The van der Waals surface area contributed by atoms with Crippen molar-refractivity contribution in [3.63, 3.8) is 0 Å². The van der Waals surface area contributed by atoms with Crippen LogP contribution in [0.2, 0.25) is 0 Å². The van der Waals surface area contributed by atoms with Crippen LogP contribution in [0.4, 0.5) is 0 Å². The molecule has 1 saturated carbocycles. The van der Waals surface area contributed by atoms with Gasteiger partial charge in [-0.2, -0.15) is 0 Å². The smallest absolute Gasteiger partial charge is 0.127 e. The lowest BCUT2D eigenvalue weighted by molar-refractivity contribution is -0.118. The number of carbonyl (C=O) groups excluding carboxylic acids is 1. The van der Waals surface area contributed by atoms with E-state index in [0.29, 0.717) is 9.65 Å². The molecule has 1 rings (SSSR count). The third kappa shape index (κ3) is 4.33. The Balaban J connectivity index is 0.00000196. The Labute approximate surface area is 115 Å². The molecule has 1 aliphatic rings. The average molecular weight is 364 g/mol. The number of hydrogen-bond donors (Lipinski definition) is 0. The molecule has 0 bridgehead atoms. The molecule has 0 aromatic carbocycles. The van der Waals surface area contributed by atoms with E-state index in [4.69, 9.17) is 0 Å². The Morgan fingerprint density at radius 3 is 2.40 bits per heavy atom. The maximum Gasteiger partial charge on any atom is 0.127 e. The van der Waals surface area contributed by atoms with Gasteiger partial charge in [0.1, 0.15) is 6.29 Å². The highest BCUT2D eigenvalue weighted by molar-refractivity contribution is 9.12. The summed E-state index contributed by atoms with van der Waals surface area (Å²) in [6.07, 6.45) is 4.15. The summed E-state index contributed by atoms with van der Waals surface area (Å²) < 4.78 is 0. The van der Waals surface area contributed by atoms with Crippen molar-refractivity contribution in [3.05, 3.63) is 0 Å². The van der Waals surface area contributed by atoms with Crippen molar-refractivity contribution < 1.29 is 4.79 Å². The van der Waals surface area contributed by atoms with Gasteiger partial charge in [-0.05, 0) is 33.4 Å². The number of rotatable bonds is 3. The molecule has 0 aromatic rings. The van der Waals surface area contributed by atoms with E-state index in [9.17, 15) is 4.79 Å². The van der Waals surface area contributed by atoms with Gasteiger partial charge in [-0.3, -0.25) is 0 Å². The predicted molar refractivity (Wildman–Crippen MR) is 73.6 cm³/mol. The predicted octanol–water partition coefficient (Wildman–Crippen LogP) is 2.87. The topological polar surface area (TPSA) is 20.3 Å². The molecule has 3 unspecified atom stereocenters. The zero-order valence-electron chi connectivity index (χ0n) is 9.08. The van der Waals surface area contributed by atoms with Crippen molar-refractivity contribution in [3.8, 4) is 0 Å². The summed E-state index contributed by atoms with van der Waals surface area (Å²) in [5, 5.41) is 0. The Hall–Kier alpha value is 0.880. The lowest BCUT2D eigenvalue weighted by atomic mass is 9.75. The molecule has 1 fully saturated rings. The Morgan fingerprint density at radius 2 is 2.00 bits per heavy atom. The van der Waals surface area contributed by atoms with Gasteiger partial charge in [-0.25, -0.2) is 0 Å². The summed E-state index contributed by atoms with van der Waals surface area (Å²) in [7, 11) is 4.05. The fourth-order valence-electron chi connectivity index (χ4n) is 2.14. The molecule has 0 spiro atoms. The number of carbonyl (C=O) groups is 1. The second kappa shape index (κ2) is 6.58. The molecule has 2 nitrogen and oxygen atoms in total. The van der Waals surface area contributed by atoms with E-state index >= 15 is 0 Å². The van der Waals surface area contributed by atoms with Crippen LogP contribution in [0.15, 0.2) is 0 Å². The molecule has 1 aliphatic carbocycles. The van der Waals surface area contributed by atoms with Crippen LogP contribution < -0.4 is 0 Å². The van der Waals surface area contributed by atoms with Gasteiger partial charge in [0.25, 0.3) is 0 Å². The van der Waals surface area contributed by atoms with Crippen LogP contribution in [-0.2, 0) is 4.79 Å². The lowest BCUT2D eigenvalue weighted by Gasteiger charge is -2.39. The molecule has 0 radical (unpaired) electrons. The number of alkyl halides is 2. The molecule has 3 atom stereocenters. The van der Waals surface area contributed by atoms with Crippen LogP contribution >= 0.6 is 44.3 Å². The second-order valence-corrected chi connectivity index (χ2v) is 6.85. The van der Waals surface area contributed by atoms with E-state index in [-0.39, 0.29) is 17.8 Å². The number of nitrogens with zero attached hydrogens (tertiary/aromatic N) is 1. The van der Waals surface area contributed by atoms with Gasteiger partial charge in [0.05, 0.1) is 0 Å². The summed E-state index contributed by atoms with van der Waals surface area (Å²) in [5.74, 6) is 0. The number of halogens is 3. The first-order valence-electron chi connectivity index (χ1n) is 4.88. The van der Waals surface area contributed by atoms with Crippen LogP contribution in [0.1, 0.15) is 19.3 Å². The van der Waals surface area contributed by atoms with Gasteiger partial charge in [-0.15, -0.1) is 12.4 Å². The maximum atomic E-state index is 11.2. The van der Waals surface area contributed by atoms with Gasteiger partial charge in [0.2, 0.25) is 0 Å². The highest BCUT2D eigenvalue weighted by Gasteiger charge is 2.39. The fourth-order valence-corrected chi connectivity index (χ4v) is 3.47. The van der Waals surface area contributed by atoms with Crippen molar-refractivity contribution in [1.29, 1.82) is 0 Å². The summed E-state index contributed by atoms with van der Waals surface area (Å²) in [4.78, 5) is 14.2. The molecule has 0 aliphatic heterocycles. The van der Waals surface area contributed by atoms with Crippen LogP contribution in [-0.4, -0.2) is 41.5 Å². The average Bonchev–Trinajstić information content (AvgIpc) is 2.11. The summed E-state index contributed by atoms with van der Waals surface area (Å²) >= 11 is 7.26. The monoisotopic (exact) mass is 361 g/mol. The molecular formula is C10H18Br2ClNO. The molecule has 0 amide bonds. The van der Waals surface area contributed by atoms with E-state index in [1.54, 1.807) is 0 Å². The first-order valence-corrected chi connectivity index (χ1v) is 6.71. The first kappa shape index (κ1) is 15.9. The van der Waals surface area contributed by atoms with Crippen molar-refractivity contribution >= 4 is 50.6 Å². The summed E-state index contributed by atoms with van der Waals surface area (Å²) in [6.45, 7) is 0.859. The molecule has 5 heteroatoms. The van der Waals surface area contributed by atoms with Gasteiger partial charge in [0.15, 0.2) is 0 Å². The zero-order chi connectivity index (χ0) is 10.8. The minimum atomic E-state index is -0.137. The molecule has 0 heterocycles. The third-order valence-corrected chi connectivity index (χ3v) is 5.56. The molecule has 0 saturated heterocycles. The largest absolute Gasteiger partial charge is 0.308 e. The molecule has 0 N–H and O–H groups in total. The number of hydrogen-bond acceptors (Lipinski definition) is 2. The molecular weight excluding hydrogens is 345 g/mol. The summed E-state index contributed by atoms with van der Waals surface area (Å²) in [5.41, 5.74) is -0.137. The van der Waals surface area contributed by atoms with Crippen LogP contribution in [0, 0.1) is 5.41 Å². The molecule has 90 valence electrons. The first-order chi connectivity index (χ1) is 6.49. The van der Waals surface area contributed by atoms with Gasteiger partial charge in [0, 0.05) is 21.6 Å². The van der Waals surface area contributed by atoms with Gasteiger partial charge >= 0.3 is 0 Å². The highest BCUT2D eigenvalue weighted by atomic mass is 79.9. The minimum Gasteiger partial charge on any atom is -0.308 e. The van der Waals surface area contributed by atoms with E-state index in [1.807, 2.05) is 14.1 Å². The van der Waals surface area contributed by atoms with Crippen molar-refractivity contribution in [2.75, 3.05) is 20.6 Å². The summed E-state index contributed by atoms with van der Waals surface area (Å²) in [6, 6.07) is 0. The molecule has 15 heavy (non-hydrogen) atoms. The Kier molecular flexibility index (Phi) is 6.96. The highest BCUT2D eigenvalue weighted by Crippen LogP contribution is 2.40. The standard InChI is InChI=1S/C10H17Br2NO.ClH/c1-13(2)6-10(7-14)4-3-8(11)9(12)5-10;/h7-9H,3-6H2,1-2H3;1H. The van der Waals surface area contributed by atoms with E-state index in [2.05, 4.69) is 36.8 Å². The van der Waals surface area contributed by atoms with E-state index in [1.165, 1.54) is 0 Å². The van der Waals surface area contributed by atoms with Crippen molar-refractivity contribution in [2.45, 2.75) is 28.9 Å². The van der Waals surface area contributed by atoms with Crippen LogP contribution in [0.25, 0.3) is 0 Å².